The Morgan fingerprint density at radius 3 is 2.67 bits per heavy atom. The van der Waals surface area contributed by atoms with E-state index in [1.54, 1.807) is 22.9 Å². The number of hydrogen-bond acceptors (Lipinski definition) is 5. The molecule has 178 valence electrons. The lowest BCUT2D eigenvalue weighted by molar-refractivity contribution is 0.294. The zero-order chi connectivity index (χ0) is 24.9. The summed E-state index contributed by atoms with van der Waals surface area (Å²) >= 11 is 1.46. The van der Waals surface area contributed by atoms with E-state index in [4.69, 9.17) is 9.84 Å². The maximum Gasteiger partial charge on any atom is 0.165 e. The predicted molar refractivity (Wildman–Crippen MR) is 142 cm³/mol. The van der Waals surface area contributed by atoms with Crippen LogP contribution >= 0.6 is 11.3 Å². The van der Waals surface area contributed by atoms with Gasteiger partial charge in [0.2, 0.25) is 0 Å². The molecule has 0 saturated carbocycles. The molecule has 36 heavy (non-hydrogen) atoms. The molecule has 2 heterocycles. The first-order chi connectivity index (χ1) is 17.7. The van der Waals surface area contributed by atoms with Gasteiger partial charge in [0.15, 0.2) is 11.6 Å². The number of halogens is 1. The van der Waals surface area contributed by atoms with E-state index in [2.05, 4.69) is 18.0 Å². The minimum absolute atomic E-state index is 0.221. The number of thiazole rings is 1. The molecule has 0 radical (unpaired) electrons. The maximum atomic E-state index is 14.9. The van der Waals surface area contributed by atoms with Gasteiger partial charge in [-0.15, -0.1) is 11.3 Å². The number of benzene rings is 3. The highest BCUT2D eigenvalue weighted by atomic mass is 32.1. The zero-order valence-corrected chi connectivity index (χ0v) is 20.5. The van der Waals surface area contributed by atoms with Crippen LogP contribution in [0.25, 0.3) is 38.8 Å². The van der Waals surface area contributed by atoms with E-state index in [1.807, 2.05) is 60.8 Å². The van der Waals surface area contributed by atoms with Crippen LogP contribution in [0.2, 0.25) is 0 Å². The second kappa shape index (κ2) is 10.5. The number of ether oxygens (including phenoxy) is 1. The molecule has 2 aromatic heterocycles. The fourth-order valence-corrected chi connectivity index (χ4v) is 4.74. The van der Waals surface area contributed by atoms with Gasteiger partial charge < -0.3 is 4.74 Å². The van der Waals surface area contributed by atoms with Crippen LogP contribution in [0.1, 0.15) is 30.3 Å². The molecular weight excluding hydrogens is 471 g/mol. The molecule has 5 rings (SSSR count). The Morgan fingerprint density at radius 1 is 1.11 bits per heavy atom. The highest BCUT2D eigenvalue weighted by molar-refractivity contribution is 7.19. The molecule has 5 nitrogen and oxygen atoms in total. The van der Waals surface area contributed by atoms with E-state index >= 15 is 0 Å². The first-order valence-electron chi connectivity index (χ1n) is 11.7. The SMILES string of the molecule is CCCCOc1ccc(-c2nn(-c3ccccc3)cc2/C=C(\C#N)c2nc3ccccc3s2)cc1F. The van der Waals surface area contributed by atoms with Gasteiger partial charge in [-0.05, 0) is 55.0 Å². The van der Waals surface area contributed by atoms with Crippen LogP contribution in [0, 0.1) is 17.1 Å². The maximum absolute atomic E-state index is 14.9. The smallest absolute Gasteiger partial charge is 0.165 e. The van der Waals surface area contributed by atoms with Crippen molar-refractivity contribution in [1.29, 1.82) is 5.26 Å². The molecule has 0 aliphatic heterocycles. The fourth-order valence-electron chi connectivity index (χ4n) is 3.81. The molecule has 0 amide bonds. The number of hydrogen-bond donors (Lipinski definition) is 0. The van der Waals surface area contributed by atoms with Gasteiger partial charge >= 0.3 is 0 Å². The lowest BCUT2D eigenvalue weighted by Crippen LogP contribution is -1.99. The molecule has 7 heteroatoms. The van der Waals surface area contributed by atoms with Gasteiger partial charge in [0, 0.05) is 17.3 Å². The Morgan fingerprint density at radius 2 is 1.92 bits per heavy atom. The Hall–Kier alpha value is -4.28. The molecule has 0 bridgehead atoms. The zero-order valence-electron chi connectivity index (χ0n) is 19.7. The van der Waals surface area contributed by atoms with Crippen LogP contribution in [-0.4, -0.2) is 21.4 Å². The van der Waals surface area contributed by atoms with Gasteiger partial charge in [-0.1, -0.05) is 43.7 Å². The minimum Gasteiger partial charge on any atom is -0.491 e. The van der Waals surface area contributed by atoms with Crippen LogP contribution < -0.4 is 4.74 Å². The molecule has 0 unspecified atom stereocenters. The van der Waals surface area contributed by atoms with Gasteiger partial charge in [0.25, 0.3) is 0 Å². The largest absolute Gasteiger partial charge is 0.491 e. The number of rotatable bonds is 8. The van der Waals surface area contributed by atoms with Gasteiger partial charge in [-0.3, -0.25) is 0 Å². The molecule has 0 atom stereocenters. The predicted octanol–water partition coefficient (Wildman–Crippen LogP) is 7.53. The average Bonchev–Trinajstić information content (AvgIpc) is 3.53. The highest BCUT2D eigenvalue weighted by Crippen LogP contribution is 2.32. The van der Waals surface area contributed by atoms with Crippen molar-refractivity contribution in [3.63, 3.8) is 0 Å². The number of para-hydroxylation sites is 2. The monoisotopic (exact) mass is 494 g/mol. The van der Waals surface area contributed by atoms with Crippen molar-refractivity contribution in [3.05, 3.63) is 95.4 Å². The van der Waals surface area contributed by atoms with Crippen LogP contribution in [-0.2, 0) is 0 Å². The molecular formula is C29H23FN4OS. The van der Waals surface area contributed by atoms with Crippen LogP contribution in [0.15, 0.2) is 79.0 Å². The molecule has 0 N–H and O–H groups in total. The quantitative estimate of drug-likeness (QED) is 0.165. The average molecular weight is 495 g/mol. The second-order valence-corrected chi connectivity index (χ2v) is 9.25. The molecule has 0 aliphatic carbocycles. The number of fused-ring (bicyclic) bond motifs is 1. The van der Waals surface area contributed by atoms with Gasteiger partial charge in [0.1, 0.15) is 16.8 Å². The van der Waals surface area contributed by atoms with E-state index in [-0.39, 0.29) is 5.75 Å². The van der Waals surface area contributed by atoms with Crippen LogP contribution in [0.5, 0.6) is 5.75 Å². The van der Waals surface area contributed by atoms with Gasteiger partial charge in [0.05, 0.1) is 28.1 Å². The van der Waals surface area contributed by atoms with E-state index in [0.29, 0.717) is 34.0 Å². The number of unbranched alkanes of at least 4 members (excludes halogenated alkanes) is 1. The molecule has 0 spiro atoms. The van der Waals surface area contributed by atoms with Crippen molar-refractivity contribution in [3.8, 4) is 28.8 Å². The Kier molecular flexibility index (Phi) is 6.87. The Bertz CT molecular complexity index is 1550. The normalized spacial score (nSPS) is 11.5. The van der Waals surface area contributed by atoms with Crippen molar-refractivity contribution >= 4 is 33.2 Å². The summed E-state index contributed by atoms with van der Waals surface area (Å²) in [5.74, 6) is -0.224. The van der Waals surface area contributed by atoms with E-state index in [1.165, 1.54) is 17.4 Å². The third-order valence-electron chi connectivity index (χ3n) is 5.67. The van der Waals surface area contributed by atoms with E-state index in [0.717, 1.165) is 28.7 Å². The first kappa shape index (κ1) is 23.5. The lowest BCUT2D eigenvalue weighted by atomic mass is 10.1. The summed E-state index contributed by atoms with van der Waals surface area (Å²) in [6.45, 7) is 2.53. The van der Waals surface area contributed by atoms with Crippen LogP contribution in [0.3, 0.4) is 0 Å². The molecule has 0 saturated heterocycles. The summed E-state index contributed by atoms with van der Waals surface area (Å²) in [7, 11) is 0. The lowest BCUT2D eigenvalue weighted by Gasteiger charge is -2.08. The summed E-state index contributed by atoms with van der Waals surface area (Å²) in [4.78, 5) is 4.63. The molecule has 5 aromatic rings. The summed E-state index contributed by atoms with van der Waals surface area (Å²) in [6.07, 6.45) is 5.45. The number of allylic oxidation sites excluding steroid dienone is 1. The van der Waals surface area contributed by atoms with Crippen molar-refractivity contribution in [2.75, 3.05) is 6.61 Å². The minimum atomic E-state index is -0.445. The summed E-state index contributed by atoms with van der Waals surface area (Å²) < 4.78 is 23.2. The topological polar surface area (TPSA) is 63.7 Å². The van der Waals surface area contributed by atoms with Crippen molar-refractivity contribution in [2.24, 2.45) is 0 Å². The highest BCUT2D eigenvalue weighted by Gasteiger charge is 2.16. The molecule has 0 aliphatic rings. The van der Waals surface area contributed by atoms with Gasteiger partial charge in [-0.25, -0.2) is 14.1 Å². The van der Waals surface area contributed by atoms with E-state index < -0.39 is 5.82 Å². The third-order valence-corrected chi connectivity index (χ3v) is 6.74. The van der Waals surface area contributed by atoms with E-state index in [9.17, 15) is 9.65 Å². The molecule has 0 fully saturated rings. The summed E-state index contributed by atoms with van der Waals surface area (Å²) in [5.41, 5.74) is 3.97. The number of aromatic nitrogens is 3. The number of nitrogens with zero attached hydrogens (tertiary/aromatic N) is 4. The van der Waals surface area contributed by atoms with Crippen molar-refractivity contribution in [1.82, 2.24) is 14.8 Å². The van der Waals surface area contributed by atoms with Crippen molar-refractivity contribution < 1.29 is 9.13 Å². The van der Waals surface area contributed by atoms with Crippen molar-refractivity contribution in [2.45, 2.75) is 19.8 Å². The summed E-state index contributed by atoms with van der Waals surface area (Å²) in [6, 6.07) is 24.6. The third kappa shape index (κ3) is 4.90. The first-order valence-corrected chi connectivity index (χ1v) is 12.5. The fraction of sp³-hybridized carbons (Fsp3) is 0.138. The van der Waals surface area contributed by atoms with Gasteiger partial charge in [-0.2, -0.15) is 10.4 Å². The standard InChI is InChI=1S/C29H23FN4OS/c1-2-3-15-35-26-14-13-20(17-24(26)30)28-22(19-34(33-28)23-9-5-4-6-10-23)16-21(18-31)29-32-25-11-7-8-12-27(25)36-29/h4-14,16-17,19H,2-3,15H2,1H3/b21-16+. The summed E-state index contributed by atoms with van der Waals surface area (Å²) in [5, 5.41) is 15.4. The number of nitriles is 1. The molecule has 3 aromatic carbocycles. The Labute approximate surface area is 212 Å². The Balaban J connectivity index is 1.59. The second-order valence-electron chi connectivity index (χ2n) is 8.22. The van der Waals surface area contributed by atoms with Crippen LogP contribution in [0.4, 0.5) is 4.39 Å².